The van der Waals surface area contributed by atoms with Gasteiger partial charge in [-0.3, -0.25) is 4.79 Å². The summed E-state index contributed by atoms with van der Waals surface area (Å²) >= 11 is 3.48. The van der Waals surface area contributed by atoms with Crippen molar-refractivity contribution in [2.24, 2.45) is 0 Å². The number of hydrogen-bond donors (Lipinski definition) is 0. The normalized spacial score (nSPS) is 19.4. The third-order valence-electron chi connectivity index (χ3n) is 3.73. The number of hydrogen-bond acceptors (Lipinski definition) is 3. The molecule has 1 aromatic heterocycles. The monoisotopic (exact) mass is 327 g/mol. The summed E-state index contributed by atoms with van der Waals surface area (Å²) in [4.78, 5) is 19.0. The summed E-state index contributed by atoms with van der Waals surface area (Å²) in [6.07, 6.45) is 8.13. The summed E-state index contributed by atoms with van der Waals surface area (Å²) < 4.78 is 1.77. The van der Waals surface area contributed by atoms with Crippen LogP contribution in [0.25, 0.3) is 0 Å². The van der Waals surface area contributed by atoms with E-state index in [0.29, 0.717) is 11.9 Å². The standard InChI is InChI=1S/C14H22BrN3O/c1-11(2)17-10-8-16-13(14(17)19)18-9-4-6-12(18)5-3-7-15/h8,10-12H,3-7,9H2,1-2H3. The molecule has 0 bridgehead atoms. The number of nitrogens with zero attached hydrogens (tertiary/aromatic N) is 3. The van der Waals surface area contributed by atoms with E-state index in [1.54, 1.807) is 17.0 Å². The molecule has 4 nitrogen and oxygen atoms in total. The van der Waals surface area contributed by atoms with E-state index in [-0.39, 0.29) is 11.6 Å². The molecule has 2 rings (SSSR count). The molecule has 1 aromatic rings. The Hall–Kier alpha value is -0.840. The highest BCUT2D eigenvalue weighted by atomic mass is 79.9. The second kappa shape index (κ2) is 6.55. The Labute approximate surface area is 123 Å². The van der Waals surface area contributed by atoms with Crippen LogP contribution in [0.15, 0.2) is 17.2 Å². The van der Waals surface area contributed by atoms with Crippen LogP contribution >= 0.6 is 15.9 Å². The van der Waals surface area contributed by atoms with Gasteiger partial charge in [0.25, 0.3) is 5.56 Å². The predicted octanol–water partition coefficient (Wildman–Crippen LogP) is 2.97. The lowest BCUT2D eigenvalue weighted by Crippen LogP contribution is -2.37. The van der Waals surface area contributed by atoms with Crippen molar-refractivity contribution in [2.75, 3.05) is 16.8 Å². The molecule has 106 valence electrons. The van der Waals surface area contributed by atoms with E-state index in [0.717, 1.165) is 31.1 Å². The van der Waals surface area contributed by atoms with Crippen molar-refractivity contribution in [2.45, 2.75) is 51.6 Å². The Bertz CT molecular complexity index is 472. The molecule has 0 spiro atoms. The molecule has 1 fully saturated rings. The molecule has 0 N–H and O–H groups in total. The minimum absolute atomic E-state index is 0.0447. The van der Waals surface area contributed by atoms with Gasteiger partial charge in [-0.15, -0.1) is 0 Å². The Morgan fingerprint density at radius 1 is 1.53 bits per heavy atom. The molecule has 0 aliphatic carbocycles. The van der Waals surface area contributed by atoms with Gasteiger partial charge >= 0.3 is 0 Å². The first kappa shape index (κ1) is 14.6. The number of anilines is 1. The van der Waals surface area contributed by atoms with Crippen LogP contribution in [0, 0.1) is 0 Å². The third-order valence-corrected chi connectivity index (χ3v) is 4.29. The summed E-state index contributed by atoms with van der Waals surface area (Å²) in [6, 6.07) is 0.651. The Balaban J connectivity index is 2.26. The van der Waals surface area contributed by atoms with Crippen molar-refractivity contribution < 1.29 is 0 Å². The number of aromatic nitrogens is 2. The van der Waals surface area contributed by atoms with Gasteiger partial charge < -0.3 is 9.47 Å². The maximum atomic E-state index is 12.5. The van der Waals surface area contributed by atoms with Crippen molar-refractivity contribution in [1.82, 2.24) is 9.55 Å². The molecule has 5 heteroatoms. The lowest BCUT2D eigenvalue weighted by molar-refractivity contribution is 0.560. The van der Waals surface area contributed by atoms with Crippen LogP contribution in [0.5, 0.6) is 0 Å². The molecule has 19 heavy (non-hydrogen) atoms. The van der Waals surface area contributed by atoms with Gasteiger partial charge in [0.15, 0.2) is 5.82 Å². The lowest BCUT2D eigenvalue weighted by Gasteiger charge is -2.25. The SMILES string of the molecule is CC(C)n1ccnc(N2CCCC2CCCBr)c1=O. The fraction of sp³-hybridized carbons (Fsp3) is 0.714. The zero-order valence-corrected chi connectivity index (χ0v) is 13.3. The predicted molar refractivity (Wildman–Crippen MR) is 82.3 cm³/mol. The largest absolute Gasteiger partial charge is 0.349 e. The maximum absolute atomic E-state index is 12.5. The molecule has 0 radical (unpaired) electrons. The minimum Gasteiger partial charge on any atom is -0.349 e. The second-order valence-corrected chi connectivity index (χ2v) is 6.17. The fourth-order valence-electron chi connectivity index (χ4n) is 2.75. The maximum Gasteiger partial charge on any atom is 0.293 e. The first-order valence-corrected chi connectivity index (χ1v) is 8.17. The Morgan fingerprint density at radius 2 is 2.32 bits per heavy atom. The van der Waals surface area contributed by atoms with Crippen molar-refractivity contribution in [3.63, 3.8) is 0 Å². The van der Waals surface area contributed by atoms with Crippen LogP contribution in [-0.2, 0) is 0 Å². The van der Waals surface area contributed by atoms with Gasteiger partial charge in [0.05, 0.1) is 0 Å². The van der Waals surface area contributed by atoms with E-state index in [4.69, 9.17) is 0 Å². The fourth-order valence-corrected chi connectivity index (χ4v) is 3.07. The highest BCUT2D eigenvalue weighted by Gasteiger charge is 2.27. The summed E-state index contributed by atoms with van der Waals surface area (Å²) in [5.74, 6) is 0.633. The Kier molecular flexibility index (Phi) is 5.02. The second-order valence-electron chi connectivity index (χ2n) is 5.38. The molecule has 0 saturated carbocycles. The van der Waals surface area contributed by atoms with Crippen molar-refractivity contribution in [3.05, 3.63) is 22.7 Å². The summed E-state index contributed by atoms with van der Waals surface area (Å²) in [6.45, 7) is 5.01. The van der Waals surface area contributed by atoms with Gasteiger partial charge in [0, 0.05) is 36.4 Å². The van der Waals surface area contributed by atoms with Gasteiger partial charge in [0.1, 0.15) is 0 Å². The number of alkyl halides is 1. The van der Waals surface area contributed by atoms with Crippen LogP contribution in [-0.4, -0.2) is 27.5 Å². The van der Waals surface area contributed by atoms with Gasteiger partial charge in [-0.2, -0.15) is 0 Å². The molecule has 1 aliphatic heterocycles. The molecule has 1 saturated heterocycles. The smallest absolute Gasteiger partial charge is 0.293 e. The zero-order valence-electron chi connectivity index (χ0n) is 11.7. The van der Waals surface area contributed by atoms with Crippen LogP contribution < -0.4 is 10.5 Å². The van der Waals surface area contributed by atoms with Gasteiger partial charge in [-0.05, 0) is 39.5 Å². The molecular weight excluding hydrogens is 306 g/mol. The van der Waals surface area contributed by atoms with Crippen LogP contribution in [0.3, 0.4) is 0 Å². The van der Waals surface area contributed by atoms with Gasteiger partial charge in [0.2, 0.25) is 0 Å². The Morgan fingerprint density at radius 3 is 3.00 bits per heavy atom. The molecule has 1 atom stereocenters. The highest BCUT2D eigenvalue weighted by molar-refractivity contribution is 9.09. The van der Waals surface area contributed by atoms with E-state index >= 15 is 0 Å². The third kappa shape index (κ3) is 3.19. The molecule has 1 unspecified atom stereocenters. The van der Waals surface area contributed by atoms with Crippen LogP contribution in [0.2, 0.25) is 0 Å². The summed E-state index contributed by atoms with van der Waals surface area (Å²) in [5.41, 5.74) is 0.0447. The summed E-state index contributed by atoms with van der Waals surface area (Å²) in [5, 5.41) is 1.02. The first-order chi connectivity index (χ1) is 9.15. The topological polar surface area (TPSA) is 38.1 Å². The lowest BCUT2D eigenvalue weighted by atomic mass is 10.1. The van der Waals surface area contributed by atoms with E-state index in [1.165, 1.54) is 6.42 Å². The quantitative estimate of drug-likeness (QED) is 0.780. The number of halogens is 1. The zero-order chi connectivity index (χ0) is 13.8. The number of rotatable bonds is 5. The molecular formula is C14H22BrN3O. The van der Waals surface area contributed by atoms with E-state index in [9.17, 15) is 4.79 Å². The van der Waals surface area contributed by atoms with E-state index in [1.807, 2.05) is 13.8 Å². The van der Waals surface area contributed by atoms with Gasteiger partial charge in [-0.25, -0.2) is 4.98 Å². The summed E-state index contributed by atoms with van der Waals surface area (Å²) in [7, 11) is 0. The van der Waals surface area contributed by atoms with Crippen molar-refractivity contribution in [1.29, 1.82) is 0 Å². The van der Waals surface area contributed by atoms with Crippen molar-refractivity contribution >= 4 is 21.7 Å². The minimum atomic E-state index is 0.0447. The molecule has 2 heterocycles. The average Bonchev–Trinajstić information content (AvgIpc) is 2.84. The van der Waals surface area contributed by atoms with Crippen LogP contribution in [0.1, 0.15) is 45.6 Å². The first-order valence-electron chi connectivity index (χ1n) is 7.05. The molecule has 1 aliphatic rings. The molecule has 0 amide bonds. The van der Waals surface area contributed by atoms with E-state index in [2.05, 4.69) is 25.8 Å². The average molecular weight is 328 g/mol. The van der Waals surface area contributed by atoms with E-state index < -0.39 is 0 Å². The van der Waals surface area contributed by atoms with Gasteiger partial charge in [-0.1, -0.05) is 15.9 Å². The van der Waals surface area contributed by atoms with Crippen molar-refractivity contribution in [3.8, 4) is 0 Å². The highest BCUT2D eigenvalue weighted by Crippen LogP contribution is 2.24. The van der Waals surface area contributed by atoms with Crippen LogP contribution in [0.4, 0.5) is 5.82 Å². The molecule has 0 aromatic carbocycles.